The van der Waals surface area contributed by atoms with Gasteiger partial charge in [-0.25, -0.2) is 0 Å². The average Bonchev–Trinajstić information content (AvgIpc) is 2.81. The maximum atomic E-state index is 5.89. The lowest BCUT2D eigenvalue weighted by molar-refractivity contribution is 0.584. The molecule has 0 saturated carbocycles. The molecular weight excluding hydrogens is 216 g/mol. The highest BCUT2D eigenvalue weighted by Crippen LogP contribution is 2.19. The average molecular weight is 232 g/mol. The van der Waals surface area contributed by atoms with Crippen LogP contribution in [-0.2, 0) is 6.54 Å². The lowest BCUT2D eigenvalue weighted by atomic mass is 10.1. The Kier molecular flexibility index (Phi) is 3.59. The topological polar surface area (TPSA) is 38.0 Å². The second-order valence-electron chi connectivity index (χ2n) is 3.82. The van der Waals surface area contributed by atoms with Gasteiger partial charge < -0.3 is 11.1 Å². The molecule has 0 aliphatic rings. The van der Waals surface area contributed by atoms with E-state index < -0.39 is 0 Å². The summed E-state index contributed by atoms with van der Waals surface area (Å²) in [4.78, 5) is 1.36. The highest BCUT2D eigenvalue weighted by Gasteiger charge is 2.06. The van der Waals surface area contributed by atoms with Crippen LogP contribution in [0.2, 0.25) is 0 Å². The first-order chi connectivity index (χ1) is 7.77. The standard InChI is InChI=1S/C13H16N2S/c1-10(13-7-4-8-16-13)15-9-11-5-2-3-6-12(11)14/h2-8,10,15H,9,14H2,1H3/t10-/m1/s1. The predicted molar refractivity (Wildman–Crippen MR) is 70.4 cm³/mol. The van der Waals surface area contributed by atoms with Crippen LogP contribution < -0.4 is 11.1 Å². The molecule has 0 bridgehead atoms. The van der Waals surface area contributed by atoms with Crippen LogP contribution in [0.4, 0.5) is 5.69 Å². The van der Waals surface area contributed by atoms with E-state index in [1.165, 1.54) is 4.88 Å². The lowest BCUT2D eigenvalue weighted by Gasteiger charge is -2.13. The number of thiophene rings is 1. The van der Waals surface area contributed by atoms with Crippen molar-refractivity contribution in [1.82, 2.24) is 5.32 Å². The number of nitrogens with one attached hydrogen (secondary N) is 1. The molecule has 0 fully saturated rings. The molecule has 2 aromatic rings. The number of anilines is 1. The van der Waals surface area contributed by atoms with Crippen molar-refractivity contribution in [2.45, 2.75) is 19.5 Å². The van der Waals surface area contributed by atoms with Gasteiger partial charge in [-0.1, -0.05) is 24.3 Å². The number of para-hydroxylation sites is 1. The number of benzene rings is 1. The molecule has 84 valence electrons. The van der Waals surface area contributed by atoms with E-state index in [-0.39, 0.29) is 0 Å². The van der Waals surface area contributed by atoms with Crippen LogP contribution in [0.25, 0.3) is 0 Å². The Morgan fingerprint density at radius 2 is 2.06 bits per heavy atom. The Morgan fingerprint density at radius 3 is 2.75 bits per heavy atom. The third kappa shape index (κ3) is 2.62. The first kappa shape index (κ1) is 11.2. The molecule has 1 aromatic heterocycles. The molecule has 1 aromatic carbocycles. The molecule has 0 spiro atoms. The Bertz CT molecular complexity index is 437. The molecule has 3 N–H and O–H groups in total. The fraction of sp³-hybridized carbons (Fsp3) is 0.231. The Balaban J connectivity index is 1.95. The molecule has 0 saturated heterocycles. The fourth-order valence-electron chi connectivity index (χ4n) is 1.60. The fourth-order valence-corrected chi connectivity index (χ4v) is 2.36. The van der Waals surface area contributed by atoms with E-state index >= 15 is 0 Å². The number of nitrogens with two attached hydrogens (primary N) is 1. The molecule has 1 atom stereocenters. The Morgan fingerprint density at radius 1 is 1.25 bits per heavy atom. The van der Waals surface area contributed by atoms with Gasteiger partial charge in [-0.15, -0.1) is 11.3 Å². The third-order valence-corrected chi connectivity index (χ3v) is 3.68. The summed E-state index contributed by atoms with van der Waals surface area (Å²) in [5.74, 6) is 0. The summed E-state index contributed by atoms with van der Waals surface area (Å²) in [5.41, 5.74) is 7.90. The molecule has 16 heavy (non-hydrogen) atoms. The molecule has 1 heterocycles. The number of nitrogen functional groups attached to an aromatic ring is 1. The summed E-state index contributed by atoms with van der Waals surface area (Å²) in [6.07, 6.45) is 0. The molecule has 0 amide bonds. The molecule has 2 nitrogen and oxygen atoms in total. The summed E-state index contributed by atoms with van der Waals surface area (Å²) in [7, 11) is 0. The molecule has 0 aliphatic heterocycles. The van der Waals surface area contributed by atoms with E-state index in [9.17, 15) is 0 Å². The van der Waals surface area contributed by atoms with Crippen molar-refractivity contribution in [2.24, 2.45) is 0 Å². The van der Waals surface area contributed by atoms with E-state index in [2.05, 4.69) is 35.8 Å². The predicted octanol–water partition coefficient (Wildman–Crippen LogP) is 3.18. The minimum absolute atomic E-state index is 0.375. The lowest BCUT2D eigenvalue weighted by Crippen LogP contribution is -2.17. The molecule has 0 unspecified atom stereocenters. The molecule has 2 rings (SSSR count). The molecule has 0 radical (unpaired) electrons. The van der Waals surface area contributed by atoms with Crippen LogP contribution in [0.1, 0.15) is 23.4 Å². The van der Waals surface area contributed by atoms with E-state index in [0.29, 0.717) is 6.04 Å². The van der Waals surface area contributed by atoms with Gasteiger partial charge in [0.15, 0.2) is 0 Å². The monoisotopic (exact) mass is 232 g/mol. The van der Waals surface area contributed by atoms with Crippen LogP contribution in [-0.4, -0.2) is 0 Å². The quantitative estimate of drug-likeness (QED) is 0.795. The van der Waals surface area contributed by atoms with Crippen molar-refractivity contribution in [1.29, 1.82) is 0 Å². The van der Waals surface area contributed by atoms with Crippen molar-refractivity contribution in [3.05, 3.63) is 52.2 Å². The van der Waals surface area contributed by atoms with Gasteiger partial charge in [0.25, 0.3) is 0 Å². The SMILES string of the molecule is C[C@@H](NCc1ccccc1N)c1cccs1. The van der Waals surface area contributed by atoms with Crippen LogP contribution >= 0.6 is 11.3 Å². The second kappa shape index (κ2) is 5.14. The smallest absolute Gasteiger partial charge is 0.0388 e. The Hall–Kier alpha value is -1.32. The highest BCUT2D eigenvalue weighted by atomic mass is 32.1. The number of hydrogen-bond acceptors (Lipinski definition) is 3. The van der Waals surface area contributed by atoms with Gasteiger partial charge in [0.05, 0.1) is 0 Å². The largest absolute Gasteiger partial charge is 0.398 e. The van der Waals surface area contributed by atoms with Gasteiger partial charge in [-0.2, -0.15) is 0 Å². The van der Waals surface area contributed by atoms with Crippen molar-refractivity contribution >= 4 is 17.0 Å². The van der Waals surface area contributed by atoms with Crippen LogP contribution in [0.5, 0.6) is 0 Å². The zero-order valence-electron chi connectivity index (χ0n) is 9.31. The van der Waals surface area contributed by atoms with Gasteiger partial charge in [-0.3, -0.25) is 0 Å². The normalized spacial score (nSPS) is 12.6. The van der Waals surface area contributed by atoms with Crippen molar-refractivity contribution in [2.75, 3.05) is 5.73 Å². The highest BCUT2D eigenvalue weighted by molar-refractivity contribution is 7.10. The summed E-state index contributed by atoms with van der Waals surface area (Å²) in [6, 6.07) is 12.6. The zero-order chi connectivity index (χ0) is 11.4. The van der Waals surface area contributed by atoms with E-state index in [1.807, 2.05) is 18.2 Å². The van der Waals surface area contributed by atoms with E-state index in [0.717, 1.165) is 17.8 Å². The zero-order valence-corrected chi connectivity index (χ0v) is 10.1. The maximum Gasteiger partial charge on any atom is 0.0388 e. The van der Waals surface area contributed by atoms with Crippen LogP contribution in [0, 0.1) is 0 Å². The van der Waals surface area contributed by atoms with E-state index in [1.54, 1.807) is 11.3 Å². The van der Waals surface area contributed by atoms with Gasteiger partial charge in [0, 0.05) is 23.2 Å². The second-order valence-corrected chi connectivity index (χ2v) is 4.80. The molecular formula is C13H16N2S. The molecule has 0 aliphatic carbocycles. The first-order valence-electron chi connectivity index (χ1n) is 5.37. The van der Waals surface area contributed by atoms with Gasteiger partial charge in [0.1, 0.15) is 0 Å². The number of rotatable bonds is 4. The maximum absolute atomic E-state index is 5.89. The third-order valence-electron chi connectivity index (χ3n) is 2.62. The van der Waals surface area contributed by atoms with Crippen molar-refractivity contribution in [3.8, 4) is 0 Å². The van der Waals surface area contributed by atoms with Crippen molar-refractivity contribution < 1.29 is 0 Å². The van der Waals surface area contributed by atoms with Crippen LogP contribution in [0.15, 0.2) is 41.8 Å². The Labute approximate surface area is 100 Å². The van der Waals surface area contributed by atoms with Gasteiger partial charge in [-0.05, 0) is 30.0 Å². The molecule has 3 heteroatoms. The van der Waals surface area contributed by atoms with Crippen molar-refractivity contribution in [3.63, 3.8) is 0 Å². The number of hydrogen-bond donors (Lipinski definition) is 2. The van der Waals surface area contributed by atoms with Gasteiger partial charge >= 0.3 is 0 Å². The van der Waals surface area contributed by atoms with Crippen LogP contribution in [0.3, 0.4) is 0 Å². The summed E-state index contributed by atoms with van der Waals surface area (Å²) in [6.45, 7) is 2.98. The van der Waals surface area contributed by atoms with Gasteiger partial charge in [0.2, 0.25) is 0 Å². The summed E-state index contributed by atoms with van der Waals surface area (Å²) >= 11 is 1.78. The summed E-state index contributed by atoms with van der Waals surface area (Å²) in [5, 5.41) is 5.57. The first-order valence-corrected chi connectivity index (χ1v) is 6.25. The minimum Gasteiger partial charge on any atom is -0.398 e. The summed E-state index contributed by atoms with van der Waals surface area (Å²) < 4.78 is 0. The van der Waals surface area contributed by atoms with E-state index in [4.69, 9.17) is 5.73 Å². The minimum atomic E-state index is 0.375.